The molecule has 88 valence electrons. The van der Waals surface area contributed by atoms with Crippen LogP contribution in [0.4, 0.5) is 0 Å². The number of benzene rings is 1. The molecule has 0 aliphatic heterocycles. The van der Waals surface area contributed by atoms with Gasteiger partial charge < -0.3 is 4.74 Å². The minimum absolute atomic E-state index is 0.125. The van der Waals surface area contributed by atoms with Crippen LogP contribution < -0.4 is 4.74 Å². The minimum atomic E-state index is -0.125. The fourth-order valence-electron chi connectivity index (χ4n) is 1.87. The highest BCUT2D eigenvalue weighted by molar-refractivity contribution is 7.10. The van der Waals surface area contributed by atoms with Gasteiger partial charge in [-0.15, -0.1) is 17.9 Å². The van der Waals surface area contributed by atoms with Crippen LogP contribution in [0.3, 0.4) is 0 Å². The minimum Gasteiger partial charge on any atom is -0.497 e. The summed E-state index contributed by atoms with van der Waals surface area (Å²) in [6, 6.07) is 12.4. The molecule has 0 fully saturated rings. The number of hydrogen-bond donors (Lipinski definition) is 0. The van der Waals surface area contributed by atoms with Gasteiger partial charge in [-0.25, -0.2) is 0 Å². The molecule has 0 saturated carbocycles. The van der Waals surface area contributed by atoms with Crippen LogP contribution in [-0.4, -0.2) is 7.11 Å². The van der Waals surface area contributed by atoms with Gasteiger partial charge in [0.15, 0.2) is 0 Å². The third-order valence-corrected chi connectivity index (χ3v) is 4.24. The van der Waals surface area contributed by atoms with E-state index in [1.54, 1.807) is 18.4 Å². The molecular weight excluding hydrogens is 228 g/mol. The number of hydrogen-bond acceptors (Lipinski definition) is 2. The molecule has 2 rings (SSSR count). The van der Waals surface area contributed by atoms with E-state index in [1.165, 1.54) is 10.4 Å². The number of thiophene rings is 1. The molecule has 0 radical (unpaired) electrons. The monoisotopic (exact) mass is 244 g/mol. The summed E-state index contributed by atoms with van der Waals surface area (Å²) in [5, 5.41) is 2.10. The predicted molar refractivity (Wildman–Crippen MR) is 74.0 cm³/mol. The molecule has 0 saturated heterocycles. The first-order valence-corrected chi connectivity index (χ1v) is 6.41. The van der Waals surface area contributed by atoms with E-state index in [-0.39, 0.29) is 5.41 Å². The van der Waals surface area contributed by atoms with E-state index >= 15 is 0 Å². The molecule has 0 unspecified atom stereocenters. The molecule has 0 aliphatic rings. The molecule has 1 nitrogen and oxygen atoms in total. The van der Waals surface area contributed by atoms with E-state index in [0.29, 0.717) is 0 Å². The van der Waals surface area contributed by atoms with Crippen molar-refractivity contribution in [2.24, 2.45) is 0 Å². The summed E-state index contributed by atoms with van der Waals surface area (Å²) < 4.78 is 5.18. The normalized spacial score (nSPS) is 14.0. The lowest BCUT2D eigenvalue weighted by atomic mass is 9.81. The molecule has 2 heteroatoms. The molecule has 0 aliphatic carbocycles. The maximum absolute atomic E-state index is 5.18. The molecule has 1 aromatic carbocycles. The van der Waals surface area contributed by atoms with Crippen molar-refractivity contribution in [2.75, 3.05) is 7.11 Å². The Bertz CT molecular complexity index is 484. The van der Waals surface area contributed by atoms with Gasteiger partial charge in [0.25, 0.3) is 0 Å². The van der Waals surface area contributed by atoms with Crippen molar-refractivity contribution in [3.63, 3.8) is 0 Å². The second kappa shape index (κ2) is 4.76. The van der Waals surface area contributed by atoms with Crippen LogP contribution in [0.5, 0.6) is 5.75 Å². The number of ether oxygens (including phenoxy) is 1. The highest BCUT2D eigenvalue weighted by Crippen LogP contribution is 2.36. The van der Waals surface area contributed by atoms with E-state index in [9.17, 15) is 0 Å². The number of methoxy groups -OCH3 is 1. The highest BCUT2D eigenvalue weighted by Gasteiger charge is 2.26. The number of rotatable bonds is 4. The Kier molecular flexibility index (Phi) is 3.34. The summed E-state index contributed by atoms with van der Waals surface area (Å²) in [6.07, 6.45) is 2.00. The maximum atomic E-state index is 5.18. The topological polar surface area (TPSA) is 9.23 Å². The third-order valence-electron chi connectivity index (χ3n) is 3.13. The Morgan fingerprint density at radius 2 is 1.94 bits per heavy atom. The largest absolute Gasteiger partial charge is 0.497 e. The van der Waals surface area contributed by atoms with Crippen molar-refractivity contribution >= 4 is 11.3 Å². The molecule has 1 atom stereocenters. The number of allylic oxidation sites excluding steroid dienone is 1. The maximum Gasteiger partial charge on any atom is 0.118 e. The van der Waals surface area contributed by atoms with Crippen LogP contribution >= 0.6 is 11.3 Å². The summed E-state index contributed by atoms with van der Waals surface area (Å²) >= 11 is 1.76. The smallest absolute Gasteiger partial charge is 0.118 e. The SMILES string of the molecule is C=C[C@](C)(c1ccc(OC)cc1)c1cccs1. The first kappa shape index (κ1) is 11.9. The van der Waals surface area contributed by atoms with Crippen molar-refractivity contribution in [3.8, 4) is 5.75 Å². The van der Waals surface area contributed by atoms with Gasteiger partial charge in [0.05, 0.1) is 7.11 Å². The first-order chi connectivity index (χ1) is 8.20. The summed E-state index contributed by atoms with van der Waals surface area (Å²) in [5.74, 6) is 0.881. The van der Waals surface area contributed by atoms with E-state index in [1.807, 2.05) is 18.2 Å². The van der Waals surface area contributed by atoms with E-state index < -0.39 is 0 Å². The summed E-state index contributed by atoms with van der Waals surface area (Å²) in [6.45, 7) is 6.17. The standard InChI is InChI=1S/C15H16OS/c1-4-15(2,14-6-5-11-17-14)12-7-9-13(16-3)10-8-12/h4-11H,1H2,2-3H3/t15-/m1/s1. The van der Waals surface area contributed by atoms with Crippen LogP contribution in [0.1, 0.15) is 17.4 Å². The van der Waals surface area contributed by atoms with Gasteiger partial charge in [-0.05, 0) is 36.1 Å². The Morgan fingerprint density at radius 1 is 1.24 bits per heavy atom. The van der Waals surface area contributed by atoms with Gasteiger partial charge in [0.1, 0.15) is 5.75 Å². The molecule has 0 N–H and O–H groups in total. The third kappa shape index (κ3) is 2.13. The Balaban J connectivity index is 2.44. The molecule has 1 aromatic heterocycles. The molecule has 0 amide bonds. The van der Waals surface area contributed by atoms with Gasteiger partial charge >= 0.3 is 0 Å². The lowest BCUT2D eigenvalue weighted by Gasteiger charge is -2.25. The Hall–Kier alpha value is -1.54. The zero-order valence-electron chi connectivity index (χ0n) is 10.1. The van der Waals surface area contributed by atoms with Crippen LogP contribution in [0.2, 0.25) is 0 Å². The predicted octanol–water partition coefficient (Wildman–Crippen LogP) is 4.25. The van der Waals surface area contributed by atoms with Crippen molar-refractivity contribution in [1.29, 1.82) is 0 Å². The van der Waals surface area contributed by atoms with Gasteiger partial charge in [0.2, 0.25) is 0 Å². The zero-order valence-corrected chi connectivity index (χ0v) is 11.0. The molecule has 17 heavy (non-hydrogen) atoms. The Morgan fingerprint density at radius 3 is 2.41 bits per heavy atom. The van der Waals surface area contributed by atoms with E-state index in [2.05, 4.69) is 43.1 Å². The lowest BCUT2D eigenvalue weighted by molar-refractivity contribution is 0.414. The van der Waals surface area contributed by atoms with E-state index in [0.717, 1.165) is 5.75 Å². The summed E-state index contributed by atoms with van der Waals surface area (Å²) in [7, 11) is 1.68. The van der Waals surface area contributed by atoms with Gasteiger partial charge in [-0.1, -0.05) is 24.3 Å². The Labute approximate surface area is 106 Å². The summed E-state index contributed by atoms with van der Waals surface area (Å²) in [5.41, 5.74) is 1.11. The van der Waals surface area contributed by atoms with Crippen LogP contribution in [-0.2, 0) is 5.41 Å². The quantitative estimate of drug-likeness (QED) is 0.731. The fourth-order valence-corrected chi connectivity index (χ4v) is 2.78. The van der Waals surface area contributed by atoms with Crippen molar-refractivity contribution < 1.29 is 4.74 Å². The lowest BCUT2D eigenvalue weighted by Crippen LogP contribution is -2.18. The van der Waals surface area contributed by atoms with Crippen molar-refractivity contribution in [1.82, 2.24) is 0 Å². The summed E-state index contributed by atoms with van der Waals surface area (Å²) in [4.78, 5) is 1.30. The molecular formula is C15H16OS. The zero-order chi connectivity index (χ0) is 12.3. The van der Waals surface area contributed by atoms with Gasteiger partial charge in [-0.3, -0.25) is 0 Å². The molecule has 1 heterocycles. The highest BCUT2D eigenvalue weighted by atomic mass is 32.1. The average Bonchev–Trinajstić information content (AvgIpc) is 2.92. The second-order valence-corrected chi connectivity index (χ2v) is 5.06. The molecule has 2 aromatic rings. The van der Waals surface area contributed by atoms with Crippen molar-refractivity contribution in [3.05, 3.63) is 64.9 Å². The van der Waals surface area contributed by atoms with Crippen LogP contribution in [0, 0.1) is 0 Å². The molecule has 0 bridgehead atoms. The van der Waals surface area contributed by atoms with E-state index in [4.69, 9.17) is 4.74 Å². The van der Waals surface area contributed by atoms with Gasteiger partial charge in [0, 0.05) is 10.3 Å². The molecule has 0 spiro atoms. The fraction of sp³-hybridized carbons (Fsp3) is 0.200. The van der Waals surface area contributed by atoms with Crippen LogP contribution in [0.25, 0.3) is 0 Å². The van der Waals surface area contributed by atoms with Gasteiger partial charge in [-0.2, -0.15) is 0 Å². The van der Waals surface area contributed by atoms with Crippen molar-refractivity contribution in [2.45, 2.75) is 12.3 Å². The second-order valence-electron chi connectivity index (χ2n) is 4.11. The first-order valence-electron chi connectivity index (χ1n) is 5.53. The average molecular weight is 244 g/mol. The van der Waals surface area contributed by atoms with Crippen LogP contribution in [0.15, 0.2) is 54.4 Å².